The third-order valence-electron chi connectivity index (χ3n) is 5.46. The summed E-state index contributed by atoms with van der Waals surface area (Å²) in [5.74, 6) is 0.613. The van der Waals surface area contributed by atoms with Gasteiger partial charge in [0, 0.05) is 35.0 Å². The Kier molecular flexibility index (Phi) is 8.61. The molecule has 0 saturated carbocycles. The third-order valence-corrected chi connectivity index (χ3v) is 6.08. The van der Waals surface area contributed by atoms with Gasteiger partial charge in [0.15, 0.2) is 5.78 Å². The number of carbonyl (C=O) groups is 2. The number of ketones is 1. The van der Waals surface area contributed by atoms with E-state index >= 15 is 0 Å². The first-order valence-corrected chi connectivity index (χ1v) is 12.4. The number of benzene rings is 4. The zero-order chi connectivity index (χ0) is 25.3. The summed E-state index contributed by atoms with van der Waals surface area (Å²) in [6.45, 7) is 0. The predicted molar refractivity (Wildman–Crippen MR) is 145 cm³/mol. The molecule has 5 nitrogen and oxygen atoms in total. The second-order valence-corrected chi connectivity index (χ2v) is 8.67. The van der Waals surface area contributed by atoms with E-state index in [1.54, 1.807) is 48.5 Å². The highest BCUT2D eigenvalue weighted by Crippen LogP contribution is 2.23. The van der Waals surface area contributed by atoms with Crippen molar-refractivity contribution in [3.05, 3.63) is 125 Å². The van der Waals surface area contributed by atoms with Crippen LogP contribution in [0.5, 0.6) is 0 Å². The van der Waals surface area contributed by atoms with Gasteiger partial charge in [-0.3, -0.25) is 9.59 Å². The SMILES string of the molecule is O=C(Cc1cccc(N=Nc2cccc(NC(=O)c3ccc(CCl)cc3)c2)c1)c1ccc(CCl)cc1. The molecule has 0 radical (unpaired) electrons. The Morgan fingerprint density at radius 1 is 0.639 bits per heavy atom. The maximum Gasteiger partial charge on any atom is 0.255 e. The molecular weight excluding hydrogens is 493 g/mol. The molecule has 0 aliphatic carbocycles. The molecule has 0 aliphatic heterocycles. The van der Waals surface area contributed by atoms with Gasteiger partial charge in [-0.25, -0.2) is 0 Å². The lowest BCUT2D eigenvalue weighted by Crippen LogP contribution is -2.11. The summed E-state index contributed by atoms with van der Waals surface area (Å²) in [7, 11) is 0. The van der Waals surface area contributed by atoms with E-state index in [4.69, 9.17) is 23.2 Å². The quantitative estimate of drug-likeness (QED) is 0.138. The maximum atomic E-state index is 12.6. The Hall–Kier alpha value is -3.80. The van der Waals surface area contributed by atoms with Gasteiger partial charge < -0.3 is 5.32 Å². The fraction of sp³-hybridized carbons (Fsp3) is 0.103. The smallest absolute Gasteiger partial charge is 0.255 e. The zero-order valence-electron chi connectivity index (χ0n) is 19.3. The zero-order valence-corrected chi connectivity index (χ0v) is 20.8. The highest BCUT2D eigenvalue weighted by Gasteiger charge is 2.09. The summed E-state index contributed by atoms with van der Waals surface area (Å²) >= 11 is 11.6. The number of hydrogen-bond donors (Lipinski definition) is 1. The second kappa shape index (κ2) is 12.2. The predicted octanol–water partition coefficient (Wildman–Crippen LogP) is 8.26. The second-order valence-electron chi connectivity index (χ2n) is 8.14. The number of azo groups is 1. The van der Waals surface area contributed by atoms with E-state index in [-0.39, 0.29) is 18.1 Å². The lowest BCUT2D eigenvalue weighted by Gasteiger charge is -2.06. The highest BCUT2D eigenvalue weighted by atomic mass is 35.5. The summed E-state index contributed by atoms with van der Waals surface area (Å²) in [6.07, 6.45) is 0.261. The molecule has 1 amide bonds. The summed E-state index contributed by atoms with van der Waals surface area (Å²) in [6, 6.07) is 29.0. The van der Waals surface area contributed by atoms with Crippen LogP contribution < -0.4 is 5.32 Å². The van der Waals surface area contributed by atoms with Crippen LogP contribution in [-0.2, 0) is 18.2 Å². The lowest BCUT2D eigenvalue weighted by atomic mass is 10.0. The summed E-state index contributed by atoms with van der Waals surface area (Å²) < 4.78 is 0. The van der Waals surface area contributed by atoms with Crippen molar-refractivity contribution in [2.24, 2.45) is 10.2 Å². The Labute approximate surface area is 219 Å². The Morgan fingerprint density at radius 3 is 1.81 bits per heavy atom. The number of alkyl halides is 2. The van der Waals surface area contributed by atoms with Gasteiger partial charge in [0.05, 0.1) is 11.4 Å². The van der Waals surface area contributed by atoms with Crippen molar-refractivity contribution >= 4 is 52.0 Å². The van der Waals surface area contributed by atoms with Crippen LogP contribution in [0.3, 0.4) is 0 Å². The minimum absolute atomic E-state index is 0.0194. The minimum Gasteiger partial charge on any atom is -0.322 e. The molecule has 0 aromatic heterocycles. The van der Waals surface area contributed by atoms with E-state index in [1.807, 2.05) is 48.5 Å². The summed E-state index contributed by atoms with van der Waals surface area (Å²) in [4.78, 5) is 25.2. The molecule has 1 N–H and O–H groups in total. The first-order chi connectivity index (χ1) is 17.5. The standard InChI is InChI=1S/C29H23Cl2N3O2/c30-18-20-7-11-23(12-8-20)28(35)16-22-3-1-5-26(15-22)33-34-27-6-2-4-25(17-27)32-29(36)24-13-9-21(19-31)10-14-24/h1-15,17H,16,18-19H2,(H,32,36). The largest absolute Gasteiger partial charge is 0.322 e. The first-order valence-electron chi connectivity index (χ1n) is 11.3. The Bertz CT molecular complexity index is 1280. The van der Waals surface area contributed by atoms with Crippen LogP contribution in [0.1, 0.15) is 37.4 Å². The topological polar surface area (TPSA) is 70.9 Å². The van der Waals surface area contributed by atoms with E-state index in [0.717, 1.165) is 16.7 Å². The van der Waals surface area contributed by atoms with Gasteiger partial charge in [0.2, 0.25) is 0 Å². The van der Waals surface area contributed by atoms with Crippen molar-refractivity contribution in [1.82, 2.24) is 0 Å². The molecular formula is C29H23Cl2N3O2. The maximum absolute atomic E-state index is 12.6. The van der Waals surface area contributed by atoms with Crippen molar-refractivity contribution in [1.29, 1.82) is 0 Å². The van der Waals surface area contributed by atoms with Gasteiger partial charge >= 0.3 is 0 Å². The summed E-state index contributed by atoms with van der Waals surface area (Å²) in [5, 5.41) is 11.5. The van der Waals surface area contributed by atoms with E-state index in [0.29, 0.717) is 39.9 Å². The van der Waals surface area contributed by atoms with Crippen molar-refractivity contribution < 1.29 is 9.59 Å². The molecule has 0 aliphatic rings. The van der Waals surface area contributed by atoms with Crippen molar-refractivity contribution in [2.45, 2.75) is 18.2 Å². The lowest BCUT2D eigenvalue weighted by molar-refractivity contribution is 0.0991. The molecule has 0 spiro atoms. The van der Waals surface area contributed by atoms with Crippen LogP contribution in [-0.4, -0.2) is 11.7 Å². The number of halogens is 2. The summed E-state index contributed by atoms with van der Waals surface area (Å²) in [5.41, 5.74) is 5.78. The van der Waals surface area contributed by atoms with Gasteiger partial charge in [0.25, 0.3) is 5.91 Å². The number of Topliss-reactive ketones (excluding diaryl/α,β-unsaturated/α-hetero) is 1. The Morgan fingerprint density at radius 2 is 1.19 bits per heavy atom. The van der Waals surface area contributed by atoms with Gasteiger partial charge in [-0.05, 0) is 59.2 Å². The van der Waals surface area contributed by atoms with E-state index in [1.165, 1.54) is 0 Å². The first kappa shape index (κ1) is 25.3. The third kappa shape index (κ3) is 6.87. The molecule has 0 heterocycles. The number of amides is 1. The normalized spacial score (nSPS) is 10.9. The molecule has 4 aromatic rings. The van der Waals surface area contributed by atoms with Gasteiger partial charge in [-0.2, -0.15) is 10.2 Å². The molecule has 0 bridgehead atoms. The molecule has 4 aromatic carbocycles. The molecule has 0 atom stereocenters. The van der Waals surface area contributed by atoms with Crippen LogP contribution in [0.15, 0.2) is 107 Å². The number of nitrogens with zero attached hydrogens (tertiary/aromatic N) is 2. The molecule has 7 heteroatoms. The number of carbonyl (C=O) groups excluding carboxylic acids is 2. The van der Waals surface area contributed by atoms with Crippen LogP contribution in [0, 0.1) is 0 Å². The number of nitrogens with one attached hydrogen (secondary N) is 1. The van der Waals surface area contributed by atoms with Crippen LogP contribution in [0.4, 0.5) is 17.1 Å². The fourth-order valence-corrected chi connectivity index (χ4v) is 3.86. The van der Waals surface area contributed by atoms with Crippen molar-refractivity contribution in [2.75, 3.05) is 5.32 Å². The van der Waals surface area contributed by atoms with E-state index < -0.39 is 0 Å². The average molecular weight is 516 g/mol. The number of rotatable bonds is 9. The van der Waals surface area contributed by atoms with Gasteiger partial charge in [-0.15, -0.1) is 23.2 Å². The van der Waals surface area contributed by atoms with Gasteiger partial charge in [0.1, 0.15) is 0 Å². The molecule has 0 saturated heterocycles. The van der Waals surface area contributed by atoms with Crippen molar-refractivity contribution in [3.8, 4) is 0 Å². The molecule has 36 heavy (non-hydrogen) atoms. The molecule has 0 unspecified atom stereocenters. The van der Waals surface area contributed by atoms with Gasteiger partial charge in [-0.1, -0.05) is 54.6 Å². The minimum atomic E-state index is -0.222. The van der Waals surface area contributed by atoms with Crippen molar-refractivity contribution in [3.63, 3.8) is 0 Å². The molecule has 180 valence electrons. The fourth-order valence-electron chi connectivity index (χ4n) is 3.51. The monoisotopic (exact) mass is 515 g/mol. The molecule has 0 fully saturated rings. The number of hydrogen-bond acceptors (Lipinski definition) is 4. The van der Waals surface area contributed by atoms with E-state index in [2.05, 4.69) is 15.5 Å². The van der Waals surface area contributed by atoms with Crippen LogP contribution >= 0.6 is 23.2 Å². The van der Waals surface area contributed by atoms with E-state index in [9.17, 15) is 9.59 Å². The Balaban J connectivity index is 1.40. The number of anilines is 1. The molecule has 4 rings (SSSR count). The van der Waals surface area contributed by atoms with Crippen LogP contribution in [0.25, 0.3) is 0 Å². The average Bonchev–Trinajstić information content (AvgIpc) is 2.92. The highest BCUT2D eigenvalue weighted by molar-refractivity contribution is 6.17. The van der Waals surface area contributed by atoms with Crippen LogP contribution in [0.2, 0.25) is 0 Å².